The van der Waals surface area contributed by atoms with Crippen molar-refractivity contribution in [2.24, 2.45) is 0 Å². The van der Waals surface area contributed by atoms with Crippen molar-refractivity contribution in [1.82, 2.24) is 4.98 Å². The average Bonchev–Trinajstić information content (AvgIpc) is 3.92. The van der Waals surface area contributed by atoms with Crippen molar-refractivity contribution >= 4 is 60.6 Å². The molecule has 54 heavy (non-hydrogen) atoms. The van der Waals surface area contributed by atoms with E-state index in [-0.39, 0.29) is 0 Å². The number of thiazole rings is 1. The lowest BCUT2D eigenvalue weighted by Gasteiger charge is -2.35. The minimum absolute atomic E-state index is 0.509. The fourth-order valence-corrected chi connectivity index (χ4v) is 9.63. The topological polar surface area (TPSA) is 29.3 Å². The molecule has 0 N–H and O–H groups in total. The number of para-hydroxylation sites is 1. The molecule has 0 radical (unpaired) electrons. The zero-order valence-electron chi connectivity index (χ0n) is 29.2. The molecule has 2 aromatic heterocycles. The smallest absolute Gasteiger partial charge is 0.137 e. The van der Waals surface area contributed by atoms with Gasteiger partial charge in [-0.2, -0.15) is 0 Å². The van der Waals surface area contributed by atoms with Crippen LogP contribution in [0.2, 0.25) is 0 Å². The fraction of sp³-hybridized carbons (Fsp3) is 0.0200. The molecule has 0 unspecified atom stereocenters. The van der Waals surface area contributed by atoms with Gasteiger partial charge in [-0.25, -0.2) is 4.98 Å². The van der Waals surface area contributed by atoms with E-state index in [1.807, 2.05) is 18.2 Å². The molecule has 0 amide bonds. The lowest BCUT2D eigenvalue weighted by Crippen LogP contribution is -2.28. The molecule has 2 heterocycles. The number of fused-ring (bicyclic) bond motifs is 7. The van der Waals surface area contributed by atoms with Crippen molar-refractivity contribution in [2.45, 2.75) is 5.41 Å². The van der Waals surface area contributed by atoms with Crippen LogP contribution in [0.5, 0.6) is 0 Å². The van der Waals surface area contributed by atoms with Crippen molar-refractivity contribution in [2.75, 3.05) is 4.90 Å². The molecule has 1 aliphatic rings. The molecule has 8 aromatic carbocycles. The summed E-state index contributed by atoms with van der Waals surface area (Å²) >= 11 is 1.73. The number of hydrogen-bond acceptors (Lipinski definition) is 4. The van der Waals surface area contributed by atoms with Crippen LogP contribution in [0.25, 0.3) is 53.9 Å². The Morgan fingerprint density at radius 3 is 1.85 bits per heavy atom. The van der Waals surface area contributed by atoms with E-state index >= 15 is 0 Å². The second-order valence-electron chi connectivity index (χ2n) is 13.9. The number of benzene rings is 8. The van der Waals surface area contributed by atoms with E-state index in [1.165, 1.54) is 33.4 Å². The lowest BCUT2D eigenvalue weighted by molar-refractivity contribution is 0.669. The molecule has 254 valence electrons. The maximum Gasteiger partial charge on any atom is 0.137 e. The van der Waals surface area contributed by atoms with Crippen LogP contribution >= 0.6 is 11.3 Å². The zero-order valence-corrected chi connectivity index (χ0v) is 30.0. The molecule has 0 atom stereocenters. The summed E-state index contributed by atoms with van der Waals surface area (Å²) in [7, 11) is 0. The van der Waals surface area contributed by atoms with Gasteiger partial charge in [0, 0.05) is 39.5 Å². The Balaban J connectivity index is 1.16. The van der Waals surface area contributed by atoms with Crippen LogP contribution in [0, 0.1) is 0 Å². The molecule has 0 spiro atoms. The number of furan rings is 1. The summed E-state index contributed by atoms with van der Waals surface area (Å²) in [5, 5.41) is 3.25. The predicted molar refractivity (Wildman–Crippen MR) is 224 cm³/mol. The Hall–Kier alpha value is -6.75. The Morgan fingerprint density at radius 1 is 0.463 bits per heavy atom. The Labute approximate surface area is 317 Å². The fourth-order valence-electron chi connectivity index (χ4n) is 8.63. The first kappa shape index (κ1) is 30.8. The Morgan fingerprint density at radius 2 is 1.06 bits per heavy atom. The summed E-state index contributed by atoms with van der Waals surface area (Å²) < 4.78 is 7.60. The normalized spacial score (nSPS) is 13.0. The summed E-state index contributed by atoms with van der Waals surface area (Å²) in [4.78, 5) is 7.41. The molecular formula is C50H32N2OS. The Kier molecular flexibility index (Phi) is 6.94. The van der Waals surface area contributed by atoms with Crippen LogP contribution in [-0.4, -0.2) is 4.98 Å². The van der Waals surface area contributed by atoms with Crippen LogP contribution in [0.1, 0.15) is 22.3 Å². The summed E-state index contributed by atoms with van der Waals surface area (Å²) in [6, 6.07) is 69.9. The van der Waals surface area contributed by atoms with Gasteiger partial charge in [0.05, 0.1) is 15.6 Å². The van der Waals surface area contributed by atoms with E-state index < -0.39 is 5.41 Å². The molecule has 10 aromatic rings. The van der Waals surface area contributed by atoms with E-state index in [1.54, 1.807) is 11.3 Å². The molecule has 11 rings (SSSR count). The first-order valence-electron chi connectivity index (χ1n) is 18.3. The van der Waals surface area contributed by atoms with Gasteiger partial charge >= 0.3 is 0 Å². The molecule has 0 aliphatic heterocycles. The largest absolute Gasteiger partial charge is 0.456 e. The maximum absolute atomic E-state index is 6.47. The molecular weight excluding hydrogens is 677 g/mol. The molecule has 0 saturated heterocycles. The minimum atomic E-state index is -0.509. The molecule has 0 fully saturated rings. The quantitative estimate of drug-likeness (QED) is 0.172. The third-order valence-corrected chi connectivity index (χ3v) is 12.0. The summed E-state index contributed by atoms with van der Waals surface area (Å²) in [6.45, 7) is 0. The van der Waals surface area contributed by atoms with Crippen LogP contribution in [-0.2, 0) is 5.41 Å². The van der Waals surface area contributed by atoms with Gasteiger partial charge in [-0.3, -0.25) is 0 Å². The van der Waals surface area contributed by atoms with Crippen LogP contribution < -0.4 is 4.90 Å². The number of aromatic nitrogens is 1. The predicted octanol–water partition coefficient (Wildman–Crippen LogP) is 13.7. The van der Waals surface area contributed by atoms with E-state index in [0.717, 1.165) is 59.8 Å². The van der Waals surface area contributed by atoms with Gasteiger partial charge in [-0.1, -0.05) is 140 Å². The molecule has 3 nitrogen and oxygen atoms in total. The highest BCUT2D eigenvalue weighted by Crippen LogP contribution is 2.57. The standard InChI is InChI=1S/C50H32N2OS/c1-4-14-33(15-5-1)49-51-45-29-26-38(32-48(45)54-49)52(37-25-28-42-41-21-11-13-23-46(41)53-47(42)31-37)36-24-27-40-39-20-10-12-22-43(39)50(44(40)30-36,34-16-6-2-7-17-34)35-18-8-3-9-19-35/h1-32H. The van der Waals surface area contributed by atoms with Gasteiger partial charge < -0.3 is 9.32 Å². The third-order valence-electron chi connectivity index (χ3n) is 11.0. The van der Waals surface area contributed by atoms with Gasteiger partial charge in [-0.15, -0.1) is 11.3 Å². The third kappa shape index (κ3) is 4.64. The van der Waals surface area contributed by atoms with Crippen molar-refractivity contribution in [3.05, 3.63) is 216 Å². The molecule has 4 heteroatoms. The highest BCUT2D eigenvalue weighted by Gasteiger charge is 2.46. The van der Waals surface area contributed by atoms with Crippen molar-refractivity contribution < 1.29 is 4.42 Å². The second kappa shape index (κ2) is 12.2. The highest BCUT2D eigenvalue weighted by molar-refractivity contribution is 7.21. The first-order chi connectivity index (χ1) is 26.8. The SMILES string of the molecule is c1ccc(-c2nc3ccc(N(c4ccc5c(c4)C(c4ccccc4)(c4ccccc4)c4ccccc4-5)c4ccc5c(c4)oc4ccccc45)cc3s2)cc1. The molecule has 1 aliphatic carbocycles. The summed E-state index contributed by atoms with van der Waals surface area (Å²) in [6.07, 6.45) is 0. The van der Waals surface area contributed by atoms with Gasteiger partial charge in [0.25, 0.3) is 0 Å². The van der Waals surface area contributed by atoms with Crippen LogP contribution in [0.3, 0.4) is 0 Å². The number of hydrogen-bond donors (Lipinski definition) is 0. The van der Waals surface area contributed by atoms with Crippen LogP contribution in [0.15, 0.2) is 199 Å². The van der Waals surface area contributed by atoms with Crippen molar-refractivity contribution in [3.8, 4) is 21.7 Å². The van der Waals surface area contributed by atoms with Gasteiger partial charge in [0.1, 0.15) is 16.2 Å². The van der Waals surface area contributed by atoms with Gasteiger partial charge in [0.15, 0.2) is 0 Å². The van der Waals surface area contributed by atoms with E-state index in [2.05, 4.69) is 181 Å². The van der Waals surface area contributed by atoms with Gasteiger partial charge in [-0.05, 0) is 81.9 Å². The lowest BCUT2D eigenvalue weighted by atomic mass is 9.67. The van der Waals surface area contributed by atoms with Crippen molar-refractivity contribution in [1.29, 1.82) is 0 Å². The number of anilines is 3. The zero-order chi connectivity index (χ0) is 35.6. The monoisotopic (exact) mass is 708 g/mol. The second-order valence-corrected chi connectivity index (χ2v) is 14.9. The maximum atomic E-state index is 6.47. The minimum Gasteiger partial charge on any atom is -0.456 e. The van der Waals surface area contributed by atoms with E-state index in [4.69, 9.17) is 9.40 Å². The van der Waals surface area contributed by atoms with Crippen molar-refractivity contribution in [3.63, 3.8) is 0 Å². The first-order valence-corrected chi connectivity index (χ1v) is 19.1. The average molecular weight is 709 g/mol. The summed E-state index contributed by atoms with van der Waals surface area (Å²) in [5.74, 6) is 0. The van der Waals surface area contributed by atoms with E-state index in [0.29, 0.717) is 0 Å². The number of nitrogens with zero attached hydrogens (tertiary/aromatic N) is 2. The number of rotatable bonds is 6. The summed E-state index contributed by atoms with van der Waals surface area (Å²) in [5.41, 5.74) is 14.1. The van der Waals surface area contributed by atoms with E-state index in [9.17, 15) is 0 Å². The van der Waals surface area contributed by atoms with Crippen LogP contribution in [0.4, 0.5) is 17.1 Å². The Bertz CT molecular complexity index is 2960. The highest BCUT2D eigenvalue weighted by atomic mass is 32.1. The molecule has 0 saturated carbocycles. The molecule has 0 bridgehead atoms. The van der Waals surface area contributed by atoms with Gasteiger partial charge in [0.2, 0.25) is 0 Å².